The normalized spacial score (nSPS) is 23.7. The van der Waals surface area contributed by atoms with E-state index in [2.05, 4.69) is 58.7 Å². The maximum Gasteiger partial charge on any atom is 0.335 e. The number of aliphatic imine (C=N–C) groups is 3. The predicted octanol–water partition coefficient (Wildman–Crippen LogP) is 7.90. The van der Waals surface area contributed by atoms with Crippen LogP contribution in [0.1, 0.15) is 116 Å². The van der Waals surface area contributed by atoms with E-state index in [0.29, 0.717) is 49.0 Å². The highest BCUT2D eigenvalue weighted by atomic mass is 16.5. The number of carbonyl (C=O) groups excluding carboxylic acids is 3. The lowest BCUT2D eigenvalue weighted by molar-refractivity contribution is -0.140. The van der Waals surface area contributed by atoms with E-state index < -0.39 is 22.8 Å². The van der Waals surface area contributed by atoms with Crippen molar-refractivity contribution < 1.29 is 23.9 Å². The maximum absolute atomic E-state index is 14.4. The third-order valence-electron chi connectivity index (χ3n) is 12.2. The first-order valence-electron chi connectivity index (χ1n) is 18.8. The van der Waals surface area contributed by atoms with Crippen LogP contribution in [0.25, 0.3) is 6.08 Å². The Morgan fingerprint density at radius 2 is 1.57 bits per heavy atom. The Balaban J connectivity index is 1.69. The predicted molar refractivity (Wildman–Crippen MR) is 202 cm³/mol. The fourth-order valence-electron chi connectivity index (χ4n) is 9.52. The van der Waals surface area contributed by atoms with Crippen molar-refractivity contribution in [2.24, 2.45) is 25.8 Å². The number of nitrogens with one attached hydrogen (secondary N) is 1. The number of ether oxygens (including phenoxy) is 2. The molecule has 8 bridgehead atoms. The van der Waals surface area contributed by atoms with Crippen molar-refractivity contribution >= 4 is 40.9 Å². The van der Waals surface area contributed by atoms with Crippen molar-refractivity contribution in [3.05, 3.63) is 73.9 Å². The minimum Gasteiger partial charge on any atom is -0.466 e. The molecule has 2 unspecified atom stereocenters. The molecule has 0 aromatic carbocycles. The van der Waals surface area contributed by atoms with Crippen LogP contribution in [0.15, 0.2) is 66.4 Å². The smallest absolute Gasteiger partial charge is 0.335 e. The molecule has 4 aliphatic heterocycles. The number of H-pyrrole nitrogens is 1. The summed E-state index contributed by atoms with van der Waals surface area (Å²) >= 11 is 0. The summed E-state index contributed by atoms with van der Waals surface area (Å²) in [4.78, 5) is 61.2. The van der Waals surface area contributed by atoms with Gasteiger partial charge < -0.3 is 14.5 Å². The van der Waals surface area contributed by atoms with E-state index in [1.807, 2.05) is 13.0 Å². The summed E-state index contributed by atoms with van der Waals surface area (Å²) in [6, 6.07) is -0.279. The first kappa shape index (κ1) is 36.4. The molecular weight excluding hydrogens is 640 g/mol. The summed E-state index contributed by atoms with van der Waals surface area (Å²) in [7, 11) is 2.70. The van der Waals surface area contributed by atoms with E-state index in [-0.39, 0.29) is 18.2 Å². The highest BCUT2D eigenvalue weighted by Gasteiger charge is 2.54. The third kappa shape index (κ3) is 5.32. The molecule has 0 radical (unpaired) electrons. The number of aromatic nitrogens is 1. The van der Waals surface area contributed by atoms with Crippen molar-refractivity contribution in [3.8, 4) is 0 Å². The molecule has 5 heterocycles. The number of esters is 2. The van der Waals surface area contributed by atoms with Gasteiger partial charge in [0.05, 0.1) is 59.3 Å². The van der Waals surface area contributed by atoms with Crippen LogP contribution in [0.3, 0.4) is 0 Å². The lowest BCUT2D eigenvalue weighted by Crippen LogP contribution is -2.40. The summed E-state index contributed by atoms with van der Waals surface area (Å²) in [5, 5.41) is 0. The second-order valence-electron chi connectivity index (χ2n) is 14.0. The van der Waals surface area contributed by atoms with Gasteiger partial charge in [0.2, 0.25) is 0 Å². The first-order valence-corrected chi connectivity index (χ1v) is 18.8. The molecule has 270 valence electrons. The number of nitrogens with zero attached hydrogens (tertiary/aromatic N) is 3. The van der Waals surface area contributed by atoms with Gasteiger partial charge in [0, 0.05) is 35.7 Å². The van der Waals surface area contributed by atoms with Gasteiger partial charge in [-0.25, -0.2) is 9.59 Å². The fourth-order valence-corrected chi connectivity index (χ4v) is 9.52. The van der Waals surface area contributed by atoms with E-state index in [0.717, 1.165) is 65.5 Å². The molecule has 1 aromatic heterocycles. The largest absolute Gasteiger partial charge is 0.466 e. The van der Waals surface area contributed by atoms with E-state index in [1.165, 1.54) is 36.5 Å². The molecule has 1 aliphatic carbocycles. The molecule has 0 fully saturated rings. The molecule has 9 heteroatoms. The zero-order valence-corrected chi connectivity index (χ0v) is 31.8. The van der Waals surface area contributed by atoms with Crippen molar-refractivity contribution in [1.82, 2.24) is 4.98 Å². The SMILES string of the molecule is CCC1=C(CC)C2C=C3N=C(Cc4[nH]c(c(CC)c4CC)C=C4N=C(CC1=N2)C(=O)C4(CC)CC)C1(CC)C3=CCC(C(=O)OC)=C1C(=O)OC. The number of rotatable bonds is 9. The van der Waals surface area contributed by atoms with Crippen LogP contribution in [-0.4, -0.2) is 60.1 Å². The monoisotopic (exact) mass is 692 g/mol. The van der Waals surface area contributed by atoms with Gasteiger partial charge in [-0.2, -0.15) is 0 Å². The number of hydrogen-bond donors (Lipinski definition) is 1. The Morgan fingerprint density at radius 3 is 2.16 bits per heavy atom. The summed E-state index contributed by atoms with van der Waals surface area (Å²) in [5.41, 5.74) is 10.4. The Kier molecular flexibility index (Phi) is 9.96. The van der Waals surface area contributed by atoms with Crippen molar-refractivity contribution in [3.63, 3.8) is 0 Å². The van der Waals surface area contributed by atoms with Gasteiger partial charge in [0.25, 0.3) is 0 Å². The molecule has 0 saturated heterocycles. The van der Waals surface area contributed by atoms with Gasteiger partial charge >= 0.3 is 11.9 Å². The molecule has 1 N–H and O–H groups in total. The molecule has 51 heavy (non-hydrogen) atoms. The van der Waals surface area contributed by atoms with E-state index in [9.17, 15) is 14.4 Å². The lowest BCUT2D eigenvalue weighted by Gasteiger charge is -2.37. The van der Waals surface area contributed by atoms with Crippen molar-refractivity contribution in [2.75, 3.05) is 14.2 Å². The number of aromatic amines is 1. The molecule has 9 nitrogen and oxygen atoms in total. The highest BCUT2D eigenvalue weighted by Crippen LogP contribution is 2.55. The quantitative estimate of drug-likeness (QED) is 0.264. The van der Waals surface area contributed by atoms with E-state index >= 15 is 0 Å². The number of hydrogen-bond acceptors (Lipinski definition) is 8. The van der Waals surface area contributed by atoms with Crippen LogP contribution in [0.5, 0.6) is 0 Å². The van der Waals surface area contributed by atoms with Crippen LogP contribution < -0.4 is 0 Å². The van der Waals surface area contributed by atoms with Crippen LogP contribution >= 0.6 is 0 Å². The molecule has 5 aliphatic rings. The van der Waals surface area contributed by atoms with E-state index in [4.69, 9.17) is 24.5 Å². The molecule has 6 rings (SSSR count). The van der Waals surface area contributed by atoms with Crippen molar-refractivity contribution in [1.29, 1.82) is 0 Å². The van der Waals surface area contributed by atoms with Crippen molar-refractivity contribution in [2.45, 2.75) is 119 Å². The van der Waals surface area contributed by atoms with Gasteiger partial charge in [0.15, 0.2) is 5.78 Å². The number of Topliss-reactive ketones (excluding diaryl/α,β-unsaturated/α-hetero) is 1. The summed E-state index contributed by atoms with van der Waals surface area (Å²) in [6.07, 6.45) is 12.3. The van der Waals surface area contributed by atoms with Crippen LogP contribution in [-0.2, 0) is 43.1 Å². The second kappa shape index (κ2) is 14.0. The maximum atomic E-state index is 14.4. The standard InChI is InChI=1S/C42H52N4O5/c1-10-23-24(11-2)30-20-34-38(47)41(14-5,15-6)35(46-34)21-31-25(12-3)26(13-4)32(44-31)22-36-42(16-7)28(33(45-36)19-29(23)43-30)18-17-27(39(48)50-8)37(42)40(49)51-9/h18-19,21,29,44H,10-17,20,22H2,1-9H3. The zero-order chi connectivity index (χ0) is 36.8. The van der Waals surface area contributed by atoms with Gasteiger partial charge in [-0.1, -0.05) is 54.5 Å². The number of ketones is 1. The number of allylic oxidation sites excluding steroid dienone is 4. The summed E-state index contributed by atoms with van der Waals surface area (Å²) in [5.74, 6) is -0.988. The minimum absolute atomic E-state index is 0.106. The van der Waals surface area contributed by atoms with Gasteiger partial charge in [0.1, 0.15) is 0 Å². The molecule has 0 spiro atoms. The average Bonchev–Trinajstić information content (AvgIpc) is 3.84. The molecule has 1 aromatic rings. The molecule has 0 amide bonds. The number of carbonyl (C=O) groups is 3. The van der Waals surface area contributed by atoms with Crippen LogP contribution in [0.4, 0.5) is 0 Å². The Morgan fingerprint density at radius 1 is 0.863 bits per heavy atom. The lowest BCUT2D eigenvalue weighted by atomic mass is 9.63. The molecule has 2 atom stereocenters. The Hall–Kier alpha value is -4.40. The average molecular weight is 693 g/mol. The number of fused-ring (bicyclic) bond motifs is 8. The molecule has 0 saturated carbocycles. The second-order valence-corrected chi connectivity index (χ2v) is 14.0. The first-order chi connectivity index (χ1) is 24.6. The third-order valence-corrected chi connectivity index (χ3v) is 12.2. The van der Waals surface area contributed by atoms with Gasteiger partial charge in [-0.05, 0) is 91.4 Å². The minimum atomic E-state index is -0.999. The summed E-state index contributed by atoms with van der Waals surface area (Å²) < 4.78 is 10.6. The van der Waals surface area contributed by atoms with Crippen LogP contribution in [0, 0.1) is 10.8 Å². The number of methoxy groups -OCH3 is 2. The molecular formula is C42H52N4O5. The topological polar surface area (TPSA) is 123 Å². The zero-order valence-electron chi connectivity index (χ0n) is 31.8. The Labute approximate surface area is 301 Å². The van der Waals surface area contributed by atoms with E-state index in [1.54, 1.807) is 0 Å². The van der Waals surface area contributed by atoms with Gasteiger partial charge in [-0.15, -0.1) is 0 Å². The Bertz CT molecular complexity index is 1950. The summed E-state index contributed by atoms with van der Waals surface area (Å²) in [6.45, 7) is 14.8. The fraction of sp³-hybridized carbons (Fsp3) is 0.524. The van der Waals surface area contributed by atoms with Crippen LogP contribution in [0.2, 0.25) is 0 Å². The highest BCUT2D eigenvalue weighted by molar-refractivity contribution is 6.48. The van der Waals surface area contributed by atoms with Gasteiger partial charge in [-0.3, -0.25) is 19.8 Å².